The van der Waals surface area contributed by atoms with Gasteiger partial charge in [-0.25, -0.2) is 0 Å². The SMILES string of the molecule is CCOc1cc(C)c(C(=O)O)c(C[Se]c2ccccc2)c1. The molecular formula is C17H18O3Se. The van der Waals surface area contributed by atoms with Gasteiger partial charge in [-0.05, 0) is 0 Å². The van der Waals surface area contributed by atoms with E-state index >= 15 is 0 Å². The Labute approximate surface area is 131 Å². The molecule has 0 radical (unpaired) electrons. The summed E-state index contributed by atoms with van der Waals surface area (Å²) in [6.07, 6.45) is 0. The number of hydrogen-bond donors (Lipinski definition) is 1. The van der Waals surface area contributed by atoms with Crippen LogP contribution in [0.3, 0.4) is 0 Å². The maximum absolute atomic E-state index is 11.5. The Morgan fingerprint density at radius 2 is 1.95 bits per heavy atom. The molecule has 0 spiro atoms. The number of ether oxygens (including phenoxy) is 1. The minimum atomic E-state index is -0.866. The molecule has 0 amide bonds. The van der Waals surface area contributed by atoms with Gasteiger partial charge in [-0.3, -0.25) is 0 Å². The third-order valence-corrected chi connectivity index (χ3v) is 5.28. The minimum absolute atomic E-state index is 0.211. The predicted molar refractivity (Wildman–Crippen MR) is 84.8 cm³/mol. The zero-order valence-corrected chi connectivity index (χ0v) is 13.8. The molecule has 2 rings (SSSR count). The van der Waals surface area contributed by atoms with E-state index in [1.807, 2.05) is 38.1 Å². The molecule has 2 aromatic carbocycles. The van der Waals surface area contributed by atoms with E-state index in [1.165, 1.54) is 4.46 Å². The fourth-order valence-electron chi connectivity index (χ4n) is 2.17. The second-order valence-corrected chi connectivity index (χ2v) is 6.81. The third kappa shape index (κ3) is 4.10. The Bertz CT molecular complexity index is 623. The molecule has 4 heteroatoms. The molecule has 0 fully saturated rings. The van der Waals surface area contributed by atoms with E-state index in [-0.39, 0.29) is 15.0 Å². The normalized spacial score (nSPS) is 10.4. The monoisotopic (exact) mass is 350 g/mol. The van der Waals surface area contributed by atoms with Gasteiger partial charge in [0.05, 0.1) is 0 Å². The van der Waals surface area contributed by atoms with Crippen molar-refractivity contribution in [2.75, 3.05) is 6.61 Å². The molecule has 0 aliphatic carbocycles. The van der Waals surface area contributed by atoms with Crippen molar-refractivity contribution in [1.29, 1.82) is 0 Å². The number of rotatable bonds is 6. The first-order valence-corrected chi connectivity index (χ1v) is 8.86. The van der Waals surface area contributed by atoms with E-state index in [1.54, 1.807) is 6.07 Å². The zero-order valence-electron chi connectivity index (χ0n) is 12.1. The number of hydrogen-bond acceptors (Lipinski definition) is 2. The van der Waals surface area contributed by atoms with Gasteiger partial charge in [0, 0.05) is 0 Å². The first kappa shape index (κ1) is 15.6. The summed E-state index contributed by atoms with van der Waals surface area (Å²) in [6, 6.07) is 13.8. The molecule has 0 heterocycles. The fraction of sp³-hybridized carbons (Fsp3) is 0.235. The standard InChI is InChI=1S/C17H18O3Se/c1-3-20-14-9-12(2)16(17(18)19)13(10-14)11-21-15-7-5-4-6-8-15/h4-10H,3,11H2,1-2H3,(H,18,19). The van der Waals surface area contributed by atoms with Crippen LogP contribution in [0.5, 0.6) is 5.75 Å². The Kier molecular flexibility index (Phi) is 5.43. The van der Waals surface area contributed by atoms with Crippen molar-refractivity contribution in [3.05, 3.63) is 59.2 Å². The van der Waals surface area contributed by atoms with Crippen molar-refractivity contribution >= 4 is 25.4 Å². The van der Waals surface area contributed by atoms with E-state index < -0.39 is 5.97 Å². The Morgan fingerprint density at radius 1 is 1.24 bits per heavy atom. The van der Waals surface area contributed by atoms with Crippen molar-refractivity contribution in [3.63, 3.8) is 0 Å². The van der Waals surface area contributed by atoms with Gasteiger partial charge in [0.15, 0.2) is 0 Å². The van der Waals surface area contributed by atoms with Crippen LogP contribution in [0.1, 0.15) is 28.4 Å². The molecule has 21 heavy (non-hydrogen) atoms. The summed E-state index contributed by atoms with van der Waals surface area (Å²) >= 11 is 0.211. The van der Waals surface area contributed by atoms with Crippen LogP contribution in [0.4, 0.5) is 0 Å². The molecular weight excluding hydrogens is 331 g/mol. The van der Waals surface area contributed by atoms with Gasteiger partial charge in [-0.1, -0.05) is 0 Å². The van der Waals surface area contributed by atoms with E-state index in [0.717, 1.165) is 22.2 Å². The Hall–Kier alpha value is -1.77. The van der Waals surface area contributed by atoms with Crippen LogP contribution in [-0.4, -0.2) is 32.6 Å². The summed E-state index contributed by atoms with van der Waals surface area (Å²) < 4.78 is 6.79. The van der Waals surface area contributed by atoms with Crippen molar-refractivity contribution in [1.82, 2.24) is 0 Å². The number of benzene rings is 2. The van der Waals surface area contributed by atoms with Gasteiger partial charge in [0.25, 0.3) is 0 Å². The zero-order chi connectivity index (χ0) is 15.2. The molecule has 110 valence electrons. The molecule has 0 aliphatic rings. The van der Waals surface area contributed by atoms with Crippen LogP contribution in [0.15, 0.2) is 42.5 Å². The number of aryl methyl sites for hydroxylation is 1. The summed E-state index contributed by atoms with van der Waals surface area (Å²) in [5, 5.41) is 10.2. The van der Waals surface area contributed by atoms with Crippen LogP contribution in [0, 0.1) is 6.92 Å². The van der Waals surface area contributed by atoms with E-state index in [0.29, 0.717) is 12.2 Å². The number of aromatic carboxylic acids is 1. The van der Waals surface area contributed by atoms with Gasteiger partial charge >= 0.3 is 131 Å². The molecule has 1 N–H and O–H groups in total. The molecule has 0 aliphatic heterocycles. The van der Waals surface area contributed by atoms with E-state index in [9.17, 15) is 9.90 Å². The first-order chi connectivity index (χ1) is 10.1. The average Bonchev–Trinajstić information content (AvgIpc) is 2.45. The van der Waals surface area contributed by atoms with Crippen molar-refractivity contribution in [2.45, 2.75) is 19.2 Å². The fourth-order valence-corrected chi connectivity index (χ4v) is 4.06. The number of carboxylic acid groups (broad SMARTS) is 1. The van der Waals surface area contributed by atoms with Crippen molar-refractivity contribution in [2.24, 2.45) is 0 Å². The molecule has 0 unspecified atom stereocenters. The van der Waals surface area contributed by atoms with Crippen molar-refractivity contribution in [3.8, 4) is 5.75 Å². The van der Waals surface area contributed by atoms with Crippen LogP contribution >= 0.6 is 0 Å². The summed E-state index contributed by atoms with van der Waals surface area (Å²) in [7, 11) is 0. The maximum atomic E-state index is 11.5. The van der Waals surface area contributed by atoms with Crippen molar-refractivity contribution < 1.29 is 14.6 Å². The molecule has 0 atom stereocenters. The number of carboxylic acids is 1. The van der Waals surface area contributed by atoms with E-state index in [4.69, 9.17) is 4.74 Å². The van der Waals surface area contributed by atoms with Crippen LogP contribution in [0.25, 0.3) is 0 Å². The summed E-state index contributed by atoms with van der Waals surface area (Å²) in [4.78, 5) is 11.5. The second kappa shape index (κ2) is 7.30. The summed E-state index contributed by atoms with van der Waals surface area (Å²) in [5.41, 5.74) is 2.03. The summed E-state index contributed by atoms with van der Waals surface area (Å²) in [5.74, 6) is -0.117. The molecule has 0 saturated carbocycles. The second-order valence-electron chi connectivity index (χ2n) is 4.61. The van der Waals surface area contributed by atoms with Gasteiger partial charge in [0.2, 0.25) is 0 Å². The molecule has 0 saturated heterocycles. The quantitative estimate of drug-likeness (QED) is 0.816. The number of carbonyl (C=O) groups is 1. The third-order valence-electron chi connectivity index (χ3n) is 3.05. The van der Waals surface area contributed by atoms with Gasteiger partial charge in [0.1, 0.15) is 0 Å². The van der Waals surface area contributed by atoms with Crippen LogP contribution < -0.4 is 9.20 Å². The first-order valence-electron chi connectivity index (χ1n) is 6.79. The Balaban J connectivity index is 2.28. The topological polar surface area (TPSA) is 46.5 Å². The Morgan fingerprint density at radius 3 is 2.57 bits per heavy atom. The van der Waals surface area contributed by atoms with Gasteiger partial charge in [-0.2, -0.15) is 0 Å². The molecule has 3 nitrogen and oxygen atoms in total. The molecule has 0 aromatic heterocycles. The van der Waals surface area contributed by atoms with Gasteiger partial charge in [-0.15, -0.1) is 0 Å². The summed E-state index contributed by atoms with van der Waals surface area (Å²) in [6.45, 7) is 4.33. The van der Waals surface area contributed by atoms with Gasteiger partial charge < -0.3 is 0 Å². The van der Waals surface area contributed by atoms with E-state index in [2.05, 4.69) is 12.1 Å². The molecule has 2 aromatic rings. The van der Waals surface area contributed by atoms with Crippen LogP contribution in [0.2, 0.25) is 0 Å². The molecule has 0 bridgehead atoms. The van der Waals surface area contributed by atoms with Crippen LogP contribution in [-0.2, 0) is 5.32 Å². The predicted octanol–water partition coefficient (Wildman–Crippen LogP) is 2.62. The average molecular weight is 349 g/mol.